The van der Waals surface area contributed by atoms with Crippen LogP contribution in [0.3, 0.4) is 0 Å². The zero-order chi connectivity index (χ0) is 15.9. The number of piperidine rings is 1. The zero-order valence-corrected chi connectivity index (χ0v) is 13.5. The van der Waals surface area contributed by atoms with Gasteiger partial charge >= 0.3 is 0 Å². The Labute approximate surface area is 129 Å². The van der Waals surface area contributed by atoms with E-state index in [9.17, 15) is 13.2 Å². The SMILES string of the molecule is COC1CCCN(C(=O)c2cc3n(n2)CCN(C)S3(=O)=O)C1. The van der Waals surface area contributed by atoms with Crippen LogP contribution in [0.1, 0.15) is 23.3 Å². The second kappa shape index (κ2) is 5.64. The van der Waals surface area contributed by atoms with Gasteiger partial charge in [0.25, 0.3) is 15.9 Å². The Balaban J connectivity index is 1.86. The van der Waals surface area contributed by atoms with Crippen molar-refractivity contribution in [3.8, 4) is 0 Å². The van der Waals surface area contributed by atoms with Crippen molar-refractivity contribution in [1.29, 1.82) is 0 Å². The number of ether oxygens (including phenoxy) is 1. The average molecular weight is 328 g/mol. The number of likely N-dealkylation sites (tertiary alicyclic amines) is 1. The molecule has 0 N–H and O–H groups in total. The molecular formula is C13H20N4O4S. The van der Waals surface area contributed by atoms with Crippen LogP contribution in [0.15, 0.2) is 11.1 Å². The molecule has 3 heterocycles. The minimum Gasteiger partial charge on any atom is -0.380 e. The molecule has 8 nitrogen and oxygen atoms in total. The van der Waals surface area contributed by atoms with Crippen LogP contribution in [-0.4, -0.2) is 73.2 Å². The lowest BCUT2D eigenvalue weighted by Crippen LogP contribution is -2.43. The van der Waals surface area contributed by atoms with Crippen LogP contribution in [0, 0.1) is 0 Å². The Kier molecular flexibility index (Phi) is 3.96. The molecule has 1 saturated heterocycles. The van der Waals surface area contributed by atoms with Gasteiger partial charge in [-0.05, 0) is 12.8 Å². The molecule has 2 aliphatic rings. The van der Waals surface area contributed by atoms with Gasteiger partial charge in [-0.2, -0.15) is 9.40 Å². The summed E-state index contributed by atoms with van der Waals surface area (Å²) < 4.78 is 32.5. The van der Waals surface area contributed by atoms with E-state index in [1.54, 1.807) is 12.0 Å². The molecule has 0 spiro atoms. The van der Waals surface area contributed by atoms with Gasteiger partial charge in [0.2, 0.25) is 0 Å². The number of amides is 1. The minimum absolute atomic E-state index is 0.0322. The number of carbonyl (C=O) groups excluding carboxylic acids is 1. The van der Waals surface area contributed by atoms with Crippen molar-refractivity contribution in [2.75, 3.05) is 33.8 Å². The molecule has 1 aromatic rings. The molecule has 3 rings (SSSR count). The number of carbonyl (C=O) groups is 1. The lowest BCUT2D eigenvalue weighted by atomic mass is 10.1. The predicted octanol–water partition coefficient (Wildman–Crippen LogP) is -0.232. The number of methoxy groups -OCH3 is 1. The first kappa shape index (κ1) is 15.4. The molecule has 0 aliphatic carbocycles. The predicted molar refractivity (Wildman–Crippen MR) is 78.0 cm³/mol. The van der Waals surface area contributed by atoms with Crippen molar-refractivity contribution in [2.24, 2.45) is 0 Å². The Hall–Kier alpha value is -1.45. The summed E-state index contributed by atoms with van der Waals surface area (Å²) in [5, 5.41) is 4.27. The van der Waals surface area contributed by atoms with Gasteiger partial charge in [-0.25, -0.2) is 8.42 Å². The first-order chi connectivity index (χ1) is 10.4. The average Bonchev–Trinajstić information content (AvgIpc) is 2.96. The number of aromatic nitrogens is 2. The standard InChI is InChI=1S/C13H20N4O4S/c1-15-6-7-17-12(22(15,19)20)8-11(14-17)13(18)16-5-3-4-10(9-16)21-2/h8,10H,3-7,9H2,1-2H3. The molecule has 9 heteroatoms. The normalized spacial score (nSPS) is 25.0. The quantitative estimate of drug-likeness (QED) is 0.748. The number of likely N-dealkylation sites (N-methyl/N-ethyl adjacent to an activating group) is 1. The van der Waals surface area contributed by atoms with Crippen LogP contribution in [0.2, 0.25) is 0 Å². The molecule has 1 atom stereocenters. The van der Waals surface area contributed by atoms with E-state index in [2.05, 4.69) is 5.10 Å². The van der Waals surface area contributed by atoms with E-state index in [-0.39, 0.29) is 22.7 Å². The van der Waals surface area contributed by atoms with Crippen molar-refractivity contribution in [2.45, 2.75) is 30.5 Å². The van der Waals surface area contributed by atoms with Crippen LogP contribution in [0.4, 0.5) is 0 Å². The van der Waals surface area contributed by atoms with Gasteiger partial charge in [-0.15, -0.1) is 0 Å². The fraction of sp³-hybridized carbons (Fsp3) is 0.692. The summed E-state index contributed by atoms with van der Waals surface area (Å²) >= 11 is 0. The largest absolute Gasteiger partial charge is 0.380 e. The molecular weight excluding hydrogens is 308 g/mol. The van der Waals surface area contributed by atoms with Gasteiger partial charge in [0, 0.05) is 39.9 Å². The number of fused-ring (bicyclic) bond motifs is 1. The third-order valence-corrected chi connectivity index (χ3v) is 6.12. The van der Waals surface area contributed by atoms with Crippen molar-refractivity contribution >= 4 is 15.9 Å². The van der Waals surface area contributed by atoms with E-state index in [4.69, 9.17) is 4.74 Å². The minimum atomic E-state index is -3.54. The number of nitrogens with zero attached hydrogens (tertiary/aromatic N) is 4. The molecule has 22 heavy (non-hydrogen) atoms. The monoisotopic (exact) mass is 328 g/mol. The summed E-state index contributed by atoms with van der Waals surface area (Å²) in [6, 6.07) is 1.38. The second-order valence-electron chi connectivity index (χ2n) is 5.67. The molecule has 0 bridgehead atoms. The molecule has 0 radical (unpaired) electrons. The molecule has 1 amide bonds. The Bertz CT molecular complexity index is 684. The maximum absolute atomic E-state index is 12.6. The van der Waals surface area contributed by atoms with Crippen molar-refractivity contribution in [3.63, 3.8) is 0 Å². The molecule has 122 valence electrons. The van der Waals surface area contributed by atoms with E-state index in [1.165, 1.54) is 22.1 Å². The van der Waals surface area contributed by atoms with Crippen molar-refractivity contribution < 1.29 is 17.9 Å². The fourth-order valence-corrected chi connectivity index (χ4v) is 4.16. The first-order valence-corrected chi connectivity index (χ1v) is 8.73. The van der Waals surface area contributed by atoms with Crippen LogP contribution in [0.25, 0.3) is 0 Å². The van der Waals surface area contributed by atoms with E-state index in [0.29, 0.717) is 26.2 Å². The molecule has 1 fully saturated rings. The summed E-state index contributed by atoms with van der Waals surface area (Å²) in [5.74, 6) is -0.235. The maximum atomic E-state index is 12.6. The number of hydrogen-bond donors (Lipinski definition) is 0. The second-order valence-corrected chi connectivity index (χ2v) is 7.66. The van der Waals surface area contributed by atoms with Gasteiger partial charge in [-0.1, -0.05) is 0 Å². The van der Waals surface area contributed by atoms with Gasteiger partial charge in [0.15, 0.2) is 10.7 Å². The highest BCUT2D eigenvalue weighted by Gasteiger charge is 2.33. The van der Waals surface area contributed by atoms with E-state index >= 15 is 0 Å². The van der Waals surface area contributed by atoms with E-state index in [0.717, 1.165) is 12.8 Å². The summed E-state index contributed by atoms with van der Waals surface area (Å²) in [7, 11) is -0.377. The Morgan fingerprint density at radius 1 is 1.36 bits per heavy atom. The molecule has 1 unspecified atom stereocenters. The van der Waals surface area contributed by atoms with Crippen LogP contribution >= 0.6 is 0 Å². The van der Waals surface area contributed by atoms with Gasteiger partial charge in [0.05, 0.1) is 12.6 Å². The highest BCUT2D eigenvalue weighted by atomic mass is 32.2. The molecule has 0 aromatic carbocycles. The maximum Gasteiger partial charge on any atom is 0.274 e. The van der Waals surface area contributed by atoms with Gasteiger partial charge in [0.1, 0.15) is 0 Å². The van der Waals surface area contributed by atoms with Crippen LogP contribution in [0.5, 0.6) is 0 Å². The van der Waals surface area contributed by atoms with Gasteiger partial charge in [-0.3, -0.25) is 9.48 Å². The highest BCUT2D eigenvalue weighted by molar-refractivity contribution is 7.89. The third kappa shape index (κ3) is 2.53. The summed E-state index contributed by atoms with van der Waals surface area (Å²) in [6.07, 6.45) is 1.84. The smallest absolute Gasteiger partial charge is 0.274 e. The van der Waals surface area contributed by atoms with E-state index in [1.807, 2.05) is 0 Å². The molecule has 0 saturated carbocycles. The van der Waals surface area contributed by atoms with E-state index < -0.39 is 10.0 Å². The zero-order valence-electron chi connectivity index (χ0n) is 12.7. The van der Waals surface area contributed by atoms with Crippen LogP contribution < -0.4 is 0 Å². The fourth-order valence-electron chi connectivity index (χ4n) is 2.86. The molecule has 1 aromatic heterocycles. The highest BCUT2D eigenvalue weighted by Crippen LogP contribution is 2.22. The summed E-state index contributed by atoms with van der Waals surface area (Å²) in [6.45, 7) is 1.98. The Morgan fingerprint density at radius 3 is 2.86 bits per heavy atom. The van der Waals surface area contributed by atoms with Crippen molar-refractivity contribution in [3.05, 3.63) is 11.8 Å². The summed E-state index contributed by atoms with van der Waals surface area (Å²) in [5.41, 5.74) is 0.186. The van der Waals surface area contributed by atoms with Crippen LogP contribution in [-0.2, 0) is 21.3 Å². The van der Waals surface area contributed by atoms with Crippen molar-refractivity contribution in [1.82, 2.24) is 19.0 Å². The third-order valence-electron chi connectivity index (χ3n) is 4.26. The number of rotatable bonds is 2. The molecule has 2 aliphatic heterocycles. The summed E-state index contributed by atoms with van der Waals surface area (Å²) in [4.78, 5) is 14.2. The topological polar surface area (TPSA) is 84.7 Å². The lowest BCUT2D eigenvalue weighted by Gasteiger charge is -2.31. The van der Waals surface area contributed by atoms with Gasteiger partial charge < -0.3 is 9.64 Å². The number of sulfonamides is 1. The lowest BCUT2D eigenvalue weighted by molar-refractivity contribution is 0.0265. The Morgan fingerprint density at radius 2 is 2.14 bits per heavy atom. The first-order valence-electron chi connectivity index (χ1n) is 7.29. The number of hydrogen-bond acceptors (Lipinski definition) is 5.